The fourth-order valence-corrected chi connectivity index (χ4v) is 2.15. The SMILES string of the molecule is C=CCNC(=O)C(=O)N/N=C\c1cccc(OCc2cccc(Cl)c2)c1. The van der Waals surface area contributed by atoms with Gasteiger partial charge < -0.3 is 10.1 Å². The largest absolute Gasteiger partial charge is 0.489 e. The number of amides is 2. The predicted molar refractivity (Wildman–Crippen MR) is 101 cm³/mol. The number of halogens is 1. The smallest absolute Gasteiger partial charge is 0.329 e. The number of carbonyl (C=O) groups excluding carboxylic acids is 2. The molecule has 0 aromatic heterocycles. The van der Waals surface area contributed by atoms with Crippen LogP contribution in [0.25, 0.3) is 0 Å². The lowest BCUT2D eigenvalue weighted by atomic mass is 10.2. The Kier molecular flexibility index (Phi) is 7.39. The van der Waals surface area contributed by atoms with Crippen LogP contribution in [0.2, 0.25) is 5.02 Å². The number of carbonyl (C=O) groups is 2. The molecule has 0 aliphatic heterocycles. The van der Waals surface area contributed by atoms with Crippen molar-refractivity contribution in [3.8, 4) is 5.75 Å². The molecule has 0 heterocycles. The van der Waals surface area contributed by atoms with E-state index in [0.717, 1.165) is 5.56 Å². The summed E-state index contributed by atoms with van der Waals surface area (Å²) >= 11 is 5.94. The molecule has 26 heavy (non-hydrogen) atoms. The summed E-state index contributed by atoms with van der Waals surface area (Å²) in [6.45, 7) is 4.03. The molecule has 0 saturated carbocycles. The highest BCUT2D eigenvalue weighted by Crippen LogP contribution is 2.16. The van der Waals surface area contributed by atoms with Crippen molar-refractivity contribution in [2.45, 2.75) is 6.61 Å². The van der Waals surface area contributed by atoms with E-state index in [1.165, 1.54) is 12.3 Å². The molecular weight excluding hydrogens is 354 g/mol. The lowest BCUT2D eigenvalue weighted by Gasteiger charge is -2.07. The van der Waals surface area contributed by atoms with Gasteiger partial charge in [-0.3, -0.25) is 9.59 Å². The van der Waals surface area contributed by atoms with Crippen LogP contribution in [0.4, 0.5) is 0 Å². The molecule has 0 fully saturated rings. The highest BCUT2D eigenvalue weighted by atomic mass is 35.5. The topological polar surface area (TPSA) is 79.8 Å². The van der Waals surface area contributed by atoms with Crippen LogP contribution in [0.3, 0.4) is 0 Å². The molecule has 2 amide bonds. The third-order valence-electron chi connectivity index (χ3n) is 3.15. The first-order valence-electron chi connectivity index (χ1n) is 7.78. The first-order valence-corrected chi connectivity index (χ1v) is 8.15. The van der Waals surface area contributed by atoms with E-state index in [4.69, 9.17) is 16.3 Å². The van der Waals surface area contributed by atoms with Gasteiger partial charge in [-0.25, -0.2) is 5.43 Å². The van der Waals surface area contributed by atoms with Crippen LogP contribution in [0.5, 0.6) is 5.75 Å². The average Bonchev–Trinajstić information content (AvgIpc) is 2.65. The Morgan fingerprint density at radius 1 is 1.15 bits per heavy atom. The molecule has 6 nitrogen and oxygen atoms in total. The van der Waals surface area contributed by atoms with E-state index in [9.17, 15) is 9.59 Å². The molecule has 0 unspecified atom stereocenters. The Labute approximate surface area is 156 Å². The van der Waals surface area contributed by atoms with E-state index < -0.39 is 11.8 Å². The summed E-state index contributed by atoms with van der Waals surface area (Å²) < 4.78 is 5.72. The van der Waals surface area contributed by atoms with Crippen LogP contribution < -0.4 is 15.5 Å². The Morgan fingerprint density at radius 3 is 2.73 bits per heavy atom. The molecule has 2 N–H and O–H groups in total. The fraction of sp³-hybridized carbons (Fsp3) is 0.105. The summed E-state index contributed by atoms with van der Waals surface area (Å²) in [5.74, 6) is -0.985. The maximum atomic E-state index is 11.5. The highest BCUT2D eigenvalue weighted by Gasteiger charge is 2.10. The van der Waals surface area contributed by atoms with Gasteiger partial charge in [0.1, 0.15) is 12.4 Å². The first-order chi connectivity index (χ1) is 12.6. The monoisotopic (exact) mass is 371 g/mol. The van der Waals surface area contributed by atoms with Gasteiger partial charge in [0.15, 0.2) is 0 Å². The average molecular weight is 372 g/mol. The van der Waals surface area contributed by atoms with Crippen molar-refractivity contribution in [1.82, 2.24) is 10.7 Å². The summed E-state index contributed by atoms with van der Waals surface area (Å²) in [4.78, 5) is 22.9. The third-order valence-corrected chi connectivity index (χ3v) is 3.38. The van der Waals surface area contributed by atoms with Gasteiger partial charge in [-0.15, -0.1) is 6.58 Å². The number of nitrogens with one attached hydrogen (secondary N) is 2. The molecule has 0 bridgehead atoms. The van der Waals surface area contributed by atoms with Crippen LogP contribution in [-0.2, 0) is 16.2 Å². The standard InChI is InChI=1S/C19H18ClN3O3/c1-2-9-21-18(24)19(25)23-22-12-14-5-4-8-17(11-14)26-13-15-6-3-7-16(20)10-15/h2-8,10-12H,1,9,13H2,(H,21,24)(H,23,25)/b22-12-. The zero-order valence-corrected chi connectivity index (χ0v) is 14.7. The van der Waals surface area contributed by atoms with E-state index in [2.05, 4.69) is 22.4 Å². The van der Waals surface area contributed by atoms with Crippen molar-refractivity contribution >= 4 is 29.6 Å². The minimum absolute atomic E-state index is 0.210. The summed E-state index contributed by atoms with van der Waals surface area (Å²) in [6, 6.07) is 14.6. The second-order valence-electron chi connectivity index (χ2n) is 5.19. The van der Waals surface area contributed by atoms with Crippen LogP contribution >= 0.6 is 11.6 Å². The van der Waals surface area contributed by atoms with E-state index >= 15 is 0 Å². The molecule has 0 radical (unpaired) electrons. The molecule has 7 heteroatoms. The Balaban J connectivity index is 1.89. The number of nitrogens with zero attached hydrogens (tertiary/aromatic N) is 1. The number of hydrogen-bond donors (Lipinski definition) is 2. The van der Waals surface area contributed by atoms with Crippen LogP contribution in [0.1, 0.15) is 11.1 Å². The van der Waals surface area contributed by atoms with Crippen molar-refractivity contribution in [2.24, 2.45) is 5.10 Å². The lowest BCUT2D eigenvalue weighted by molar-refractivity contribution is -0.139. The molecule has 0 spiro atoms. The second kappa shape index (κ2) is 10.0. The van der Waals surface area contributed by atoms with Crippen molar-refractivity contribution in [3.05, 3.63) is 77.3 Å². The van der Waals surface area contributed by atoms with E-state index in [-0.39, 0.29) is 6.54 Å². The number of rotatable bonds is 7. The molecule has 2 aromatic rings. The summed E-state index contributed by atoms with van der Waals surface area (Å²) in [5.41, 5.74) is 3.81. The summed E-state index contributed by atoms with van der Waals surface area (Å²) in [5, 5.41) is 6.76. The zero-order valence-electron chi connectivity index (χ0n) is 13.9. The van der Waals surface area contributed by atoms with Gasteiger partial charge in [0, 0.05) is 11.6 Å². The minimum Gasteiger partial charge on any atom is -0.489 e. The summed E-state index contributed by atoms with van der Waals surface area (Å²) in [6.07, 6.45) is 2.90. The van der Waals surface area contributed by atoms with Gasteiger partial charge in [-0.1, -0.05) is 41.9 Å². The van der Waals surface area contributed by atoms with E-state index in [0.29, 0.717) is 22.9 Å². The molecule has 2 rings (SSSR count). The number of benzene rings is 2. The van der Waals surface area contributed by atoms with Gasteiger partial charge in [0.2, 0.25) is 0 Å². The molecular formula is C19H18ClN3O3. The van der Waals surface area contributed by atoms with Gasteiger partial charge in [0.05, 0.1) is 6.21 Å². The van der Waals surface area contributed by atoms with Gasteiger partial charge >= 0.3 is 11.8 Å². The van der Waals surface area contributed by atoms with Crippen LogP contribution in [-0.4, -0.2) is 24.6 Å². The Morgan fingerprint density at radius 2 is 1.96 bits per heavy atom. The maximum Gasteiger partial charge on any atom is 0.329 e. The fourth-order valence-electron chi connectivity index (χ4n) is 1.94. The van der Waals surface area contributed by atoms with E-state index in [1.54, 1.807) is 24.3 Å². The molecule has 134 valence electrons. The van der Waals surface area contributed by atoms with Crippen molar-refractivity contribution in [2.75, 3.05) is 6.54 Å². The van der Waals surface area contributed by atoms with Crippen LogP contribution in [0, 0.1) is 0 Å². The number of ether oxygens (including phenoxy) is 1. The Hall–Kier alpha value is -3.12. The van der Waals surface area contributed by atoms with Gasteiger partial charge in [-0.2, -0.15) is 5.10 Å². The van der Waals surface area contributed by atoms with Gasteiger partial charge in [0.25, 0.3) is 0 Å². The van der Waals surface area contributed by atoms with E-state index in [1.807, 2.05) is 24.3 Å². The molecule has 0 saturated heterocycles. The van der Waals surface area contributed by atoms with Crippen molar-refractivity contribution in [1.29, 1.82) is 0 Å². The Bertz CT molecular complexity index is 821. The molecule has 0 aliphatic rings. The quantitative estimate of drug-likeness (QED) is 0.340. The molecule has 0 atom stereocenters. The summed E-state index contributed by atoms with van der Waals surface area (Å²) in [7, 11) is 0. The first kappa shape index (κ1) is 19.2. The second-order valence-corrected chi connectivity index (χ2v) is 5.63. The highest BCUT2D eigenvalue weighted by molar-refractivity contribution is 6.35. The minimum atomic E-state index is -0.850. The number of hydrazone groups is 1. The third kappa shape index (κ3) is 6.41. The molecule has 0 aliphatic carbocycles. The predicted octanol–water partition coefficient (Wildman–Crippen LogP) is 2.67. The number of hydrogen-bond acceptors (Lipinski definition) is 4. The van der Waals surface area contributed by atoms with Crippen molar-refractivity contribution in [3.63, 3.8) is 0 Å². The zero-order chi connectivity index (χ0) is 18.8. The normalized spacial score (nSPS) is 10.3. The maximum absolute atomic E-state index is 11.5. The van der Waals surface area contributed by atoms with Gasteiger partial charge in [-0.05, 0) is 35.4 Å². The van der Waals surface area contributed by atoms with Crippen molar-refractivity contribution < 1.29 is 14.3 Å². The van der Waals surface area contributed by atoms with Crippen LogP contribution in [0.15, 0.2) is 66.3 Å². The lowest BCUT2D eigenvalue weighted by Crippen LogP contribution is -2.37. The molecule has 2 aromatic carbocycles.